The Morgan fingerprint density at radius 2 is 1.42 bits per heavy atom. The van der Waals surface area contributed by atoms with Crippen LogP contribution in [0.15, 0.2) is 0 Å². The van der Waals surface area contributed by atoms with E-state index in [0.717, 1.165) is 27.7 Å². The Bertz CT molecular complexity index is 563. The summed E-state index contributed by atoms with van der Waals surface area (Å²) >= 11 is 0. The Morgan fingerprint density at radius 1 is 0.885 bits per heavy atom. The fourth-order valence-electron chi connectivity index (χ4n) is 2.42. The van der Waals surface area contributed by atoms with Crippen molar-refractivity contribution >= 4 is 30.3 Å². The molecule has 0 aliphatic carbocycles. The lowest BCUT2D eigenvalue weighted by atomic mass is 9.96. The SMILES string of the molecule is CC(=O)OC[C@H]1O[C@@H](OC(C)=O)[C@H](NC=O)[C@@H](OC(C)=O)[C@@H]1OC(C)=O. The first-order chi connectivity index (χ1) is 12.1. The van der Waals surface area contributed by atoms with Gasteiger partial charge in [0.2, 0.25) is 12.7 Å². The van der Waals surface area contributed by atoms with Gasteiger partial charge in [-0.1, -0.05) is 0 Å². The van der Waals surface area contributed by atoms with Crippen molar-refractivity contribution in [1.29, 1.82) is 0 Å². The van der Waals surface area contributed by atoms with E-state index in [2.05, 4.69) is 5.32 Å². The number of amides is 1. The molecular formula is C15H21NO10. The Hall–Kier alpha value is -2.69. The van der Waals surface area contributed by atoms with E-state index in [4.69, 9.17) is 23.7 Å². The summed E-state index contributed by atoms with van der Waals surface area (Å²) in [4.78, 5) is 56.3. The number of carbonyl (C=O) groups excluding carboxylic acids is 5. The third-order valence-electron chi connectivity index (χ3n) is 3.24. The molecule has 1 amide bonds. The molecule has 1 rings (SSSR count). The van der Waals surface area contributed by atoms with Crippen molar-refractivity contribution in [1.82, 2.24) is 5.32 Å². The number of esters is 4. The standard InChI is InChI=1S/C15H21NO10/c1-7(18)22-5-11-13(23-8(2)19)14(24-9(3)20)12(16-6-17)15(26-11)25-10(4)21/h6,11-15H,5H2,1-4H3,(H,16,17)/t11-,12-,13-,14-,15-/m1/s1. The third-order valence-corrected chi connectivity index (χ3v) is 3.24. The van der Waals surface area contributed by atoms with Gasteiger partial charge in [0.05, 0.1) is 0 Å². The molecule has 0 aromatic carbocycles. The quantitative estimate of drug-likeness (QED) is 0.328. The van der Waals surface area contributed by atoms with Crippen LogP contribution in [0, 0.1) is 0 Å². The molecule has 0 aromatic heterocycles. The van der Waals surface area contributed by atoms with Gasteiger partial charge >= 0.3 is 23.9 Å². The van der Waals surface area contributed by atoms with Crippen LogP contribution in [0.4, 0.5) is 0 Å². The summed E-state index contributed by atoms with van der Waals surface area (Å²) in [5, 5.41) is 2.32. The van der Waals surface area contributed by atoms with Gasteiger partial charge in [-0.2, -0.15) is 0 Å². The molecule has 26 heavy (non-hydrogen) atoms. The zero-order valence-corrected chi connectivity index (χ0v) is 14.8. The van der Waals surface area contributed by atoms with E-state index in [1.54, 1.807) is 0 Å². The van der Waals surface area contributed by atoms with Crippen molar-refractivity contribution in [3.63, 3.8) is 0 Å². The molecule has 0 saturated carbocycles. The van der Waals surface area contributed by atoms with Crippen molar-refractivity contribution in [2.45, 2.75) is 58.3 Å². The summed E-state index contributed by atoms with van der Waals surface area (Å²) in [5.74, 6) is -2.82. The average Bonchev–Trinajstić information content (AvgIpc) is 2.49. The summed E-state index contributed by atoms with van der Waals surface area (Å²) in [7, 11) is 0. The maximum atomic E-state index is 11.5. The molecule has 11 nitrogen and oxygen atoms in total. The highest BCUT2D eigenvalue weighted by Crippen LogP contribution is 2.27. The molecule has 0 unspecified atom stereocenters. The Morgan fingerprint density at radius 3 is 1.88 bits per heavy atom. The monoisotopic (exact) mass is 375 g/mol. The molecule has 146 valence electrons. The van der Waals surface area contributed by atoms with E-state index in [1.807, 2.05) is 0 Å². The van der Waals surface area contributed by atoms with Crippen LogP contribution in [0.5, 0.6) is 0 Å². The Balaban J connectivity index is 3.23. The topological polar surface area (TPSA) is 144 Å². The van der Waals surface area contributed by atoms with Crippen LogP contribution in [0.3, 0.4) is 0 Å². The van der Waals surface area contributed by atoms with Crippen molar-refractivity contribution in [3.8, 4) is 0 Å². The van der Waals surface area contributed by atoms with Crippen LogP contribution in [0.2, 0.25) is 0 Å². The molecule has 1 aliphatic heterocycles. The molecule has 0 spiro atoms. The van der Waals surface area contributed by atoms with E-state index in [1.165, 1.54) is 0 Å². The van der Waals surface area contributed by atoms with Gasteiger partial charge in [0.25, 0.3) is 0 Å². The molecule has 1 aliphatic rings. The number of carbonyl (C=O) groups is 5. The molecule has 11 heteroatoms. The molecule has 1 fully saturated rings. The van der Waals surface area contributed by atoms with Gasteiger partial charge in [-0.3, -0.25) is 24.0 Å². The predicted molar refractivity (Wildman–Crippen MR) is 81.2 cm³/mol. The van der Waals surface area contributed by atoms with Gasteiger partial charge in [0, 0.05) is 27.7 Å². The van der Waals surface area contributed by atoms with Gasteiger partial charge in [-0.25, -0.2) is 0 Å². The van der Waals surface area contributed by atoms with E-state index >= 15 is 0 Å². The molecule has 0 aromatic rings. The average molecular weight is 375 g/mol. The van der Waals surface area contributed by atoms with Crippen molar-refractivity contribution in [2.24, 2.45) is 0 Å². The van der Waals surface area contributed by atoms with E-state index in [0.29, 0.717) is 0 Å². The minimum absolute atomic E-state index is 0.290. The van der Waals surface area contributed by atoms with Gasteiger partial charge in [-0.05, 0) is 0 Å². The second-order valence-electron chi connectivity index (χ2n) is 5.41. The number of nitrogens with one attached hydrogen (secondary N) is 1. The fraction of sp³-hybridized carbons (Fsp3) is 0.667. The van der Waals surface area contributed by atoms with Crippen LogP contribution in [-0.4, -0.2) is 67.5 Å². The third kappa shape index (κ3) is 6.31. The number of ether oxygens (including phenoxy) is 5. The molecule has 1 N–H and O–H groups in total. The number of hydrogen-bond donors (Lipinski definition) is 1. The van der Waals surface area contributed by atoms with Crippen LogP contribution < -0.4 is 5.32 Å². The zero-order chi connectivity index (χ0) is 19.9. The fourth-order valence-corrected chi connectivity index (χ4v) is 2.42. The molecule has 1 heterocycles. The van der Waals surface area contributed by atoms with Gasteiger partial charge in [0.1, 0.15) is 18.8 Å². The van der Waals surface area contributed by atoms with Crippen molar-refractivity contribution < 1.29 is 47.7 Å². The summed E-state index contributed by atoms with van der Waals surface area (Å²) in [5.41, 5.74) is 0. The van der Waals surface area contributed by atoms with Gasteiger partial charge in [-0.15, -0.1) is 0 Å². The van der Waals surface area contributed by atoms with Crippen molar-refractivity contribution in [2.75, 3.05) is 6.61 Å². The summed E-state index contributed by atoms with van der Waals surface area (Å²) in [6, 6.07) is -1.15. The minimum Gasteiger partial charge on any atom is -0.463 e. The summed E-state index contributed by atoms with van der Waals surface area (Å²) in [6.45, 7) is 4.14. The second-order valence-corrected chi connectivity index (χ2v) is 5.41. The largest absolute Gasteiger partial charge is 0.463 e. The number of hydrogen-bond acceptors (Lipinski definition) is 10. The minimum atomic E-state index is -1.37. The lowest BCUT2D eigenvalue weighted by molar-refractivity contribution is -0.270. The predicted octanol–water partition coefficient (Wildman–Crippen LogP) is -1.18. The lowest BCUT2D eigenvalue weighted by Crippen LogP contribution is -2.66. The smallest absolute Gasteiger partial charge is 0.305 e. The highest BCUT2D eigenvalue weighted by atomic mass is 16.7. The molecule has 0 bridgehead atoms. The van der Waals surface area contributed by atoms with E-state index < -0.39 is 54.5 Å². The van der Waals surface area contributed by atoms with Crippen LogP contribution in [0.25, 0.3) is 0 Å². The highest BCUT2D eigenvalue weighted by molar-refractivity contribution is 5.68. The summed E-state index contributed by atoms with van der Waals surface area (Å²) < 4.78 is 25.7. The normalized spacial score (nSPS) is 27.6. The maximum absolute atomic E-state index is 11.5. The molecule has 5 atom stereocenters. The van der Waals surface area contributed by atoms with E-state index in [9.17, 15) is 24.0 Å². The maximum Gasteiger partial charge on any atom is 0.305 e. The molecule has 1 saturated heterocycles. The second kappa shape index (κ2) is 9.70. The molecule has 0 radical (unpaired) electrons. The Kier molecular flexibility index (Phi) is 7.97. The van der Waals surface area contributed by atoms with E-state index in [-0.39, 0.29) is 13.0 Å². The van der Waals surface area contributed by atoms with Crippen LogP contribution in [0.1, 0.15) is 27.7 Å². The first-order valence-electron chi connectivity index (χ1n) is 7.65. The Labute approximate surface area is 149 Å². The van der Waals surface area contributed by atoms with Gasteiger partial charge in [0.15, 0.2) is 12.2 Å². The van der Waals surface area contributed by atoms with Crippen molar-refractivity contribution in [3.05, 3.63) is 0 Å². The zero-order valence-electron chi connectivity index (χ0n) is 14.8. The first kappa shape index (κ1) is 21.4. The van der Waals surface area contributed by atoms with Crippen LogP contribution in [-0.2, 0) is 47.7 Å². The first-order valence-corrected chi connectivity index (χ1v) is 7.65. The van der Waals surface area contributed by atoms with Gasteiger partial charge < -0.3 is 29.0 Å². The lowest BCUT2D eigenvalue weighted by Gasteiger charge is -2.44. The number of rotatable bonds is 7. The van der Waals surface area contributed by atoms with Crippen LogP contribution >= 0.6 is 0 Å². The highest BCUT2D eigenvalue weighted by Gasteiger charge is 2.51. The summed E-state index contributed by atoms with van der Waals surface area (Å²) in [6.07, 6.45) is -4.66. The molecular weight excluding hydrogens is 354 g/mol.